The van der Waals surface area contributed by atoms with Crippen molar-refractivity contribution in [3.8, 4) is 0 Å². The molecule has 2 aromatic carbocycles. The Kier molecular flexibility index (Phi) is 5.17. The first-order valence-electron chi connectivity index (χ1n) is 8.05. The number of hydrogen-bond acceptors (Lipinski definition) is 3. The molecule has 0 radical (unpaired) electrons. The molecule has 1 aliphatic rings. The summed E-state index contributed by atoms with van der Waals surface area (Å²) in [5.41, 5.74) is 2.92. The standard InChI is InChI=1S/C19H20ClFN2O/c1-14-2-5-16(20)12-18(14)23-10-8-22(9-11-23)13-19(24)15-3-6-17(21)7-4-15/h2-7,12H,8-11,13H2,1H3. The third-order valence-corrected chi connectivity index (χ3v) is 4.65. The molecule has 1 saturated heterocycles. The summed E-state index contributed by atoms with van der Waals surface area (Å²) in [5, 5.41) is 0.740. The molecule has 1 fully saturated rings. The molecule has 3 rings (SSSR count). The maximum Gasteiger partial charge on any atom is 0.176 e. The van der Waals surface area contributed by atoms with E-state index in [2.05, 4.69) is 16.7 Å². The maximum atomic E-state index is 12.9. The van der Waals surface area contributed by atoms with Crippen molar-refractivity contribution in [3.63, 3.8) is 0 Å². The Hall–Kier alpha value is -1.91. The van der Waals surface area contributed by atoms with Crippen molar-refractivity contribution < 1.29 is 9.18 Å². The number of Topliss-reactive ketones (excluding diaryl/α,β-unsaturated/α-hetero) is 1. The minimum absolute atomic E-state index is 0.0300. The number of ketones is 1. The molecule has 0 N–H and O–H groups in total. The van der Waals surface area contributed by atoms with E-state index in [-0.39, 0.29) is 11.6 Å². The molecular weight excluding hydrogens is 327 g/mol. The number of hydrogen-bond donors (Lipinski definition) is 0. The molecule has 5 heteroatoms. The van der Waals surface area contributed by atoms with Gasteiger partial charge in [-0.3, -0.25) is 9.69 Å². The first-order chi connectivity index (χ1) is 11.5. The third kappa shape index (κ3) is 3.94. The molecule has 0 amide bonds. The van der Waals surface area contributed by atoms with Gasteiger partial charge < -0.3 is 4.90 Å². The fourth-order valence-corrected chi connectivity index (χ4v) is 3.17. The molecule has 0 aliphatic carbocycles. The van der Waals surface area contributed by atoms with Crippen molar-refractivity contribution in [1.82, 2.24) is 4.90 Å². The van der Waals surface area contributed by atoms with Crippen molar-refractivity contribution in [2.45, 2.75) is 6.92 Å². The van der Waals surface area contributed by atoms with Gasteiger partial charge in [0.2, 0.25) is 0 Å². The zero-order valence-electron chi connectivity index (χ0n) is 13.6. The molecule has 3 nitrogen and oxygen atoms in total. The Balaban J connectivity index is 1.58. The highest BCUT2D eigenvalue weighted by Crippen LogP contribution is 2.25. The number of nitrogens with zero attached hydrogens (tertiary/aromatic N) is 2. The van der Waals surface area contributed by atoms with Crippen LogP contribution in [0.4, 0.5) is 10.1 Å². The van der Waals surface area contributed by atoms with E-state index in [4.69, 9.17) is 11.6 Å². The summed E-state index contributed by atoms with van der Waals surface area (Å²) in [6, 6.07) is 11.7. The largest absolute Gasteiger partial charge is 0.369 e. The first-order valence-corrected chi connectivity index (χ1v) is 8.43. The van der Waals surface area contributed by atoms with Gasteiger partial charge >= 0.3 is 0 Å². The van der Waals surface area contributed by atoms with E-state index in [9.17, 15) is 9.18 Å². The van der Waals surface area contributed by atoms with Crippen molar-refractivity contribution in [3.05, 3.63) is 64.4 Å². The summed E-state index contributed by atoms with van der Waals surface area (Å²) < 4.78 is 12.9. The second-order valence-electron chi connectivity index (χ2n) is 6.12. The highest BCUT2D eigenvalue weighted by atomic mass is 35.5. The van der Waals surface area contributed by atoms with Crippen LogP contribution >= 0.6 is 11.6 Å². The fourth-order valence-electron chi connectivity index (χ4n) is 3.00. The Morgan fingerprint density at radius 3 is 2.42 bits per heavy atom. The van der Waals surface area contributed by atoms with Gasteiger partial charge in [0.15, 0.2) is 5.78 Å². The van der Waals surface area contributed by atoms with E-state index in [0.717, 1.165) is 36.9 Å². The molecular formula is C19H20ClFN2O. The lowest BCUT2D eigenvalue weighted by Crippen LogP contribution is -2.48. The van der Waals surface area contributed by atoms with Crippen LogP contribution < -0.4 is 4.90 Å². The first kappa shape index (κ1) is 16.9. The predicted molar refractivity (Wildman–Crippen MR) is 95.6 cm³/mol. The lowest BCUT2D eigenvalue weighted by Gasteiger charge is -2.36. The van der Waals surface area contributed by atoms with Crippen LogP contribution in [-0.4, -0.2) is 43.4 Å². The Labute approximate surface area is 146 Å². The smallest absolute Gasteiger partial charge is 0.176 e. The molecule has 0 saturated carbocycles. The molecule has 0 unspecified atom stereocenters. The average Bonchev–Trinajstić information content (AvgIpc) is 2.58. The van der Waals surface area contributed by atoms with Crippen LogP contribution in [0, 0.1) is 12.7 Å². The Morgan fingerprint density at radius 1 is 1.08 bits per heavy atom. The number of carbonyl (C=O) groups is 1. The normalized spacial score (nSPS) is 15.5. The van der Waals surface area contributed by atoms with Gasteiger partial charge in [0.25, 0.3) is 0 Å². The molecule has 1 heterocycles. The monoisotopic (exact) mass is 346 g/mol. The van der Waals surface area contributed by atoms with Gasteiger partial charge in [-0.25, -0.2) is 4.39 Å². The summed E-state index contributed by atoms with van der Waals surface area (Å²) in [6.45, 7) is 5.80. The average molecular weight is 347 g/mol. The van der Waals surface area contributed by atoms with Crippen LogP contribution in [0.1, 0.15) is 15.9 Å². The van der Waals surface area contributed by atoms with E-state index in [0.29, 0.717) is 12.1 Å². The van der Waals surface area contributed by atoms with Gasteiger partial charge in [-0.1, -0.05) is 17.7 Å². The van der Waals surface area contributed by atoms with Gasteiger partial charge in [0.05, 0.1) is 6.54 Å². The van der Waals surface area contributed by atoms with E-state index in [1.807, 2.05) is 18.2 Å². The number of aryl methyl sites for hydroxylation is 1. The lowest BCUT2D eigenvalue weighted by atomic mass is 10.1. The summed E-state index contributed by atoms with van der Waals surface area (Å²) >= 11 is 6.10. The van der Waals surface area contributed by atoms with E-state index >= 15 is 0 Å². The van der Waals surface area contributed by atoms with Crippen LogP contribution in [-0.2, 0) is 0 Å². The Morgan fingerprint density at radius 2 is 1.75 bits per heavy atom. The zero-order chi connectivity index (χ0) is 17.1. The number of rotatable bonds is 4. The van der Waals surface area contributed by atoms with Crippen molar-refractivity contribution >= 4 is 23.1 Å². The topological polar surface area (TPSA) is 23.6 Å². The molecule has 126 valence electrons. The molecule has 0 atom stereocenters. The molecule has 0 aromatic heterocycles. The molecule has 0 spiro atoms. The SMILES string of the molecule is Cc1ccc(Cl)cc1N1CCN(CC(=O)c2ccc(F)cc2)CC1. The van der Waals surface area contributed by atoms with Crippen LogP contribution in [0.2, 0.25) is 5.02 Å². The predicted octanol–water partition coefficient (Wildman–Crippen LogP) is 3.79. The molecule has 2 aromatic rings. The lowest BCUT2D eigenvalue weighted by molar-refractivity contribution is 0.0926. The van der Waals surface area contributed by atoms with Crippen LogP contribution in [0.15, 0.2) is 42.5 Å². The second kappa shape index (κ2) is 7.32. The van der Waals surface area contributed by atoms with Gasteiger partial charge in [-0.2, -0.15) is 0 Å². The molecule has 0 bridgehead atoms. The molecule has 1 aliphatic heterocycles. The minimum Gasteiger partial charge on any atom is -0.369 e. The van der Waals surface area contributed by atoms with Crippen LogP contribution in [0.5, 0.6) is 0 Å². The second-order valence-corrected chi connectivity index (χ2v) is 6.56. The zero-order valence-corrected chi connectivity index (χ0v) is 14.4. The van der Waals surface area contributed by atoms with Crippen LogP contribution in [0.25, 0.3) is 0 Å². The van der Waals surface area contributed by atoms with E-state index in [1.54, 1.807) is 12.1 Å². The minimum atomic E-state index is -0.322. The number of benzene rings is 2. The number of carbonyl (C=O) groups excluding carboxylic acids is 1. The van der Waals surface area contributed by atoms with Crippen molar-refractivity contribution in [2.75, 3.05) is 37.6 Å². The maximum absolute atomic E-state index is 12.9. The summed E-state index contributed by atoms with van der Waals surface area (Å²) in [4.78, 5) is 16.7. The fraction of sp³-hybridized carbons (Fsp3) is 0.316. The summed E-state index contributed by atoms with van der Waals surface area (Å²) in [6.07, 6.45) is 0. The summed E-state index contributed by atoms with van der Waals surface area (Å²) in [5.74, 6) is -0.292. The van der Waals surface area contributed by atoms with Crippen molar-refractivity contribution in [1.29, 1.82) is 0 Å². The quantitative estimate of drug-likeness (QED) is 0.787. The number of halogens is 2. The summed E-state index contributed by atoms with van der Waals surface area (Å²) in [7, 11) is 0. The van der Waals surface area contributed by atoms with Gasteiger partial charge in [0, 0.05) is 42.5 Å². The van der Waals surface area contributed by atoms with Gasteiger partial charge in [-0.15, -0.1) is 0 Å². The number of anilines is 1. The van der Waals surface area contributed by atoms with Crippen LogP contribution in [0.3, 0.4) is 0 Å². The van der Waals surface area contributed by atoms with Crippen molar-refractivity contribution in [2.24, 2.45) is 0 Å². The number of piperazine rings is 1. The molecule has 24 heavy (non-hydrogen) atoms. The Bertz CT molecular complexity index is 725. The van der Waals surface area contributed by atoms with E-state index in [1.165, 1.54) is 17.7 Å². The highest BCUT2D eigenvalue weighted by molar-refractivity contribution is 6.30. The van der Waals surface area contributed by atoms with Gasteiger partial charge in [-0.05, 0) is 48.9 Å². The van der Waals surface area contributed by atoms with Gasteiger partial charge in [0.1, 0.15) is 5.82 Å². The third-order valence-electron chi connectivity index (χ3n) is 4.42. The van der Waals surface area contributed by atoms with E-state index < -0.39 is 0 Å². The highest BCUT2D eigenvalue weighted by Gasteiger charge is 2.20.